The maximum atomic E-state index is 12.5. The van der Waals surface area contributed by atoms with Crippen LogP contribution in [0.15, 0.2) is 60.7 Å². The third-order valence-electron chi connectivity index (χ3n) is 5.29. The predicted molar refractivity (Wildman–Crippen MR) is 136 cm³/mol. The van der Waals surface area contributed by atoms with Crippen LogP contribution in [0.1, 0.15) is 22.8 Å². The molecule has 35 heavy (non-hydrogen) atoms. The van der Waals surface area contributed by atoms with Crippen molar-refractivity contribution in [3.8, 4) is 17.1 Å². The summed E-state index contributed by atoms with van der Waals surface area (Å²) in [4.78, 5) is 37.1. The maximum Gasteiger partial charge on any atom is 0.338 e. The molecule has 0 unspecified atom stereocenters. The van der Waals surface area contributed by atoms with Gasteiger partial charge in [-0.1, -0.05) is 41.2 Å². The summed E-state index contributed by atoms with van der Waals surface area (Å²) >= 11 is 1.32. The highest BCUT2D eigenvalue weighted by atomic mass is 32.1. The highest BCUT2D eigenvalue weighted by Crippen LogP contribution is 2.29. The van der Waals surface area contributed by atoms with Gasteiger partial charge in [0.1, 0.15) is 11.6 Å². The Bertz CT molecular complexity index is 1540. The van der Waals surface area contributed by atoms with Crippen molar-refractivity contribution in [2.45, 2.75) is 13.8 Å². The Kier molecular flexibility index (Phi) is 6.15. The van der Waals surface area contributed by atoms with Crippen molar-refractivity contribution in [3.05, 3.63) is 71.8 Å². The van der Waals surface area contributed by atoms with Gasteiger partial charge in [-0.05, 0) is 50.2 Å². The quantitative estimate of drug-likeness (QED) is 0.301. The van der Waals surface area contributed by atoms with E-state index in [1.54, 1.807) is 18.2 Å². The lowest BCUT2D eigenvalue weighted by Crippen LogP contribution is -2.20. The van der Waals surface area contributed by atoms with E-state index in [1.807, 2.05) is 56.3 Å². The van der Waals surface area contributed by atoms with Crippen LogP contribution in [0.25, 0.3) is 32.6 Å². The van der Waals surface area contributed by atoms with Gasteiger partial charge in [-0.15, -0.1) is 0 Å². The fourth-order valence-electron chi connectivity index (χ4n) is 3.57. The molecular formula is C26H22N4O4S. The van der Waals surface area contributed by atoms with Gasteiger partial charge in [-0.25, -0.2) is 14.8 Å². The number of ether oxygens (including phenoxy) is 2. The second-order valence-corrected chi connectivity index (χ2v) is 8.92. The number of aromatic amines is 1. The molecule has 0 atom stereocenters. The molecule has 0 fully saturated rings. The van der Waals surface area contributed by atoms with Gasteiger partial charge in [0.25, 0.3) is 5.91 Å². The highest BCUT2D eigenvalue weighted by Gasteiger charge is 2.14. The van der Waals surface area contributed by atoms with E-state index in [4.69, 9.17) is 9.47 Å². The first-order chi connectivity index (χ1) is 17.0. The number of hydrogen-bond acceptors (Lipinski definition) is 7. The van der Waals surface area contributed by atoms with Crippen LogP contribution in [0.2, 0.25) is 0 Å². The number of amides is 1. The average Bonchev–Trinajstić information content (AvgIpc) is 3.46. The third-order valence-corrected chi connectivity index (χ3v) is 6.23. The van der Waals surface area contributed by atoms with Crippen molar-refractivity contribution in [1.82, 2.24) is 15.0 Å². The van der Waals surface area contributed by atoms with Crippen LogP contribution in [0.4, 0.5) is 5.13 Å². The zero-order valence-corrected chi connectivity index (χ0v) is 19.9. The minimum atomic E-state index is -0.598. The number of H-pyrrole nitrogens is 1. The molecule has 0 aliphatic heterocycles. The molecule has 0 saturated heterocycles. The molecule has 3 aromatic carbocycles. The number of carbonyl (C=O) groups excluding carboxylic acids is 2. The third kappa shape index (κ3) is 4.99. The second-order valence-electron chi connectivity index (χ2n) is 7.89. The fourth-order valence-corrected chi connectivity index (χ4v) is 4.48. The van der Waals surface area contributed by atoms with Gasteiger partial charge in [0.15, 0.2) is 11.7 Å². The van der Waals surface area contributed by atoms with E-state index in [1.165, 1.54) is 11.3 Å². The minimum absolute atomic E-state index is 0.327. The molecule has 0 saturated carbocycles. The minimum Gasteiger partial charge on any atom is -0.494 e. The van der Waals surface area contributed by atoms with Crippen LogP contribution < -0.4 is 10.1 Å². The number of fused-ring (bicyclic) bond motifs is 2. The van der Waals surface area contributed by atoms with Crippen LogP contribution in [0, 0.1) is 6.92 Å². The van der Waals surface area contributed by atoms with Gasteiger partial charge in [0.2, 0.25) is 0 Å². The first-order valence-corrected chi connectivity index (χ1v) is 11.9. The number of carbonyl (C=O) groups is 2. The SMILES string of the molecule is CCOc1ccc2nc(NC(=O)COC(=O)c3ccc4nc(-c5ccc(C)cc5)[nH]c4c3)sc2c1. The fraction of sp³-hybridized carbons (Fsp3) is 0.154. The van der Waals surface area contributed by atoms with Crippen molar-refractivity contribution >= 4 is 49.6 Å². The van der Waals surface area contributed by atoms with Gasteiger partial charge in [0, 0.05) is 5.56 Å². The number of benzene rings is 3. The van der Waals surface area contributed by atoms with Crippen molar-refractivity contribution in [2.24, 2.45) is 0 Å². The molecule has 9 heteroatoms. The van der Waals surface area contributed by atoms with Crippen LogP contribution in [0.5, 0.6) is 5.75 Å². The van der Waals surface area contributed by atoms with E-state index in [0.29, 0.717) is 28.6 Å². The van der Waals surface area contributed by atoms with Crippen LogP contribution in [-0.2, 0) is 9.53 Å². The molecule has 0 radical (unpaired) electrons. The van der Waals surface area contributed by atoms with E-state index in [-0.39, 0.29) is 0 Å². The number of anilines is 1. The van der Waals surface area contributed by atoms with E-state index < -0.39 is 18.5 Å². The number of nitrogens with one attached hydrogen (secondary N) is 2. The normalized spacial score (nSPS) is 11.0. The molecule has 8 nitrogen and oxygen atoms in total. The summed E-state index contributed by atoms with van der Waals surface area (Å²) in [5.74, 6) is 0.399. The Hall–Kier alpha value is -4.24. The average molecular weight is 487 g/mol. The number of aromatic nitrogens is 3. The number of hydrogen-bond donors (Lipinski definition) is 2. The van der Waals surface area contributed by atoms with Gasteiger partial charge in [0.05, 0.1) is 33.4 Å². The van der Waals surface area contributed by atoms with Gasteiger partial charge in [-0.3, -0.25) is 10.1 Å². The lowest BCUT2D eigenvalue weighted by Gasteiger charge is -2.04. The number of nitrogens with zero attached hydrogens (tertiary/aromatic N) is 2. The zero-order valence-electron chi connectivity index (χ0n) is 19.1. The lowest BCUT2D eigenvalue weighted by molar-refractivity contribution is -0.119. The predicted octanol–water partition coefficient (Wildman–Crippen LogP) is 5.34. The Morgan fingerprint density at radius 1 is 1.00 bits per heavy atom. The Morgan fingerprint density at radius 3 is 2.60 bits per heavy atom. The maximum absolute atomic E-state index is 12.5. The molecule has 2 aromatic heterocycles. The van der Waals surface area contributed by atoms with Crippen LogP contribution in [0.3, 0.4) is 0 Å². The van der Waals surface area contributed by atoms with E-state index in [0.717, 1.165) is 32.6 Å². The summed E-state index contributed by atoms with van der Waals surface area (Å²) < 4.78 is 11.6. The molecule has 2 N–H and O–H groups in total. The Labute approximate surface area is 204 Å². The summed E-state index contributed by atoms with van der Waals surface area (Å²) in [5, 5.41) is 3.11. The monoisotopic (exact) mass is 486 g/mol. The summed E-state index contributed by atoms with van der Waals surface area (Å²) in [6, 6.07) is 18.6. The topological polar surface area (TPSA) is 106 Å². The Morgan fingerprint density at radius 2 is 1.80 bits per heavy atom. The van der Waals surface area contributed by atoms with E-state index >= 15 is 0 Å². The van der Waals surface area contributed by atoms with Gasteiger partial charge < -0.3 is 14.5 Å². The Balaban J connectivity index is 1.22. The second kappa shape index (κ2) is 9.55. The van der Waals surface area contributed by atoms with Crippen molar-refractivity contribution in [3.63, 3.8) is 0 Å². The summed E-state index contributed by atoms with van der Waals surface area (Å²) in [6.45, 7) is 4.09. The van der Waals surface area contributed by atoms with Gasteiger partial charge in [-0.2, -0.15) is 0 Å². The number of aryl methyl sites for hydroxylation is 1. The standard InChI is InChI=1S/C26H22N4O4S/c1-3-33-18-9-11-20-22(13-18)35-26(29-20)30-23(31)14-34-25(32)17-8-10-19-21(12-17)28-24(27-19)16-6-4-15(2)5-7-16/h4-13H,3,14H2,1-2H3,(H,27,28)(H,29,30,31). The lowest BCUT2D eigenvalue weighted by atomic mass is 10.1. The molecule has 176 valence electrons. The first-order valence-electron chi connectivity index (χ1n) is 11.1. The van der Waals surface area contributed by atoms with Gasteiger partial charge >= 0.3 is 5.97 Å². The molecular weight excluding hydrogens is 464 g/mol. The van der Waals surface area contributed by atoms with Crippen LogP contribution >= 0.6 is 11.3 Å². The van der Waals surface area contributed by atoms with Crippen molar-refractivity contribution in [1.29, 1.82) is 0 Å². The molecule has 2 heterocycles. The number of esters is 1. The molecule has 0 spiro atoms. The molecule has 5 rings (SSSR count). The van der Waals surface area contributed by atoms with Crippen molar-refractivity contribution in [2.75, 3.05) is 18.5 Å². The summed E-state index contributed by atoms with van der Waals surface area (Å²) in [6.07, 6.45) is 0. The molecule has 5 aromatic rings. The molecule has 0 aliphatic rings. The summed E-state index contributed by atoms with van der Waals surface area (Å²) in [7, 11) is 0. The zero-order chi connectivity index (χ0) is 24.4. The van der Waals surface area contributed by atoms with Crippen LogP contribution in [-0.4, -0.2) is 40.0 Å². The number of thiazole rings is 1. The smallest absolute Gasteiger partial charge is 0.338 e. The van der Waals surface area contributed by atoms with E-state index in [2.05, 4.69) is 20.3 Å². The molecule has 0 aliphatic carbocycles. The number of rotatable bonds is 7. The number of imidazole rings is 1. The van der Waals surface area contributed by atoms with E-state index in [9.17, 15) is 9.59 Å². The molecule has 0 bridgehead atoms. The summed E-state index contributed by atoms with van der Waals surface area (Å²) in [5.41, 5.74) is 4.64. The largest absolute Gasteiger partial charge is 0.494 e. The molecule has 1 amide bonds. The van der Waals surface area contributed by atoms with Crippen molar-refractivity contribution < 1.29 is 19.1 Å². The highest BCUT2D eigenvalue weighted by molar-refractivity contribution is 7.22. The first kappa shape index (κ1) is 22.5.